The molecule has 0 saturated heterocycles. The van der Waals surface area contributed by atoms with Crippen LogP contribution in [0.2, 0.25) is 15.1 Å². The van der Waals surface area contributed by atoms with Crippen molar-refractivity contribution in [2.75, 3.05) is 6.61 Å². The van der Waals surface area contributed by atoms with Gasteiger partial charge in [-0.25, -0.2) is 4.57 Å². The largest absolute Gasteiger partial charge is 0.608 e. The summed E-state index contributed by atoms with van der Waals surface area (Å²) < 4.78 is 27.3. The van der Waals surface area contributed by atoms with E-state index in [1.54, 1.807) is 20.8 Å². The lowest BCUT2D eigenvalue weighted by molar-refractivity contribution is 0.166. The molecule has 0 aliphatic heterocycles. The molecular weight excluding hydrogens is 347 g/mol. The Balaban J connectivity index is 3.04. The molecule has 0 fully saturated rings. The van der Waals surface area contributed by atoms with Gasteiger partial charge in [0.05, 0.1) is 27.4 Å². The molecule has 1 rings (SSSR count). The zero-order valence-corrected chi connectivity index (χ0v) is 14.2. The Kier molecular flexibility index (Phi) is 6.62. The van der Waals surface area contributed by atoms with Crippen LogP contribution in [-0.4, -0.2) is 12.3 Å². The average molecular weight is 361 g/mol. The van der Waals surface area contributed by atoms with E-state index in [9.17, 15) is 4.57 Å². The molecule has 112 valence electrons. The van der Waals surface area contributed by atoms with Gasteiger partial charge in [0.2, 0.25) is 0 Å². The van der Waals surface area contributed by atoms with E-state index in [2.05, 4.69) is 5.16 Å². The van der Waals surface area contributed by atoms with E-state index in [0.29, 0.717) is 5.71 Å². The van der Waals surface area contributed by atoms with Crippen LogP contribution in [0, 0.1) is 0 Å². The third-order valence-electron chi connectivity index (χ3n) is 1.80. The summed E-state index contributed by atoms with van der Waals surface area (Å²) in [6.07, 6.45) is 0. The molecule has 0 saturated carbocycles. The first kappa shape index (κ1) is 17.6. The standard InChI is InChI=1S/C11H13Cl3NO4P/c1-4-17-20(16,19-15-7(2)3)18-11-6-9(13)8(12)5-10(11)14/h5-6H,4H2,1-3H3. The molecule has 5 nitrogen and oxygen atoms in total. The van der Waals surface area contributed by atoms with Crippen LogP contribution in [0.5, 0.6) is 5.75 Å². The van der Waals surface area contributed by atoms with Gasteiger partial charge in [0.15, 0.2) is 5.75 Å². The van der Waals surface area contributed by atoms with Gasteiger partial charge in [0.1, 0.15) is 0 Å². The van der Waals surface area contributed by atoms with Gasteiger partial charge >= 0.3 is 7.82 Å². The second-order valence-electron chi connectivity index (χ2n) is 3.77. The molecule has 1 aromatic carbocycles. The lowest BCUT2D eigenvalue weighted by Gasteiger charge is -2.16. The van der Waals surface area contributed by atoms with Crippen molar-refractivity contribution in [2.45, 2.75) is 20.8 Å². The number of nitrogens with zero attached hydrogens (tertiary/aromatic N) is 1. The Morgan fingerprint density at radius 1 is 1.20 bits per heavy atom. The average Bonchev–Trinajstić information content (AvgIpc) is 2.34. The molecule has 1 atom stereocenters. The number of rotatable bonds is 6. The maximum Gasteiger partial charge on any atom is 0.608 e. The molecule has 1 unspecified atom stereocenters. The molecule has 0 bridgehead atoms. The van der Waals surface area contributed by atoms with Crippen LogP contribution < -0.4 is 4.52 Å². The number of phosphoric acid groups is 1. The van der Waals surface area contributed by atoms with Gasteiger partial charge in [-0.05, 0) is 26.8 Å². The maximum atomic E-state index is 12.3. The quantitative estimate of drug-likeness (QED) is 0.287. The van der Waals surface area contributed by atoms with Gasteiger partial charge < -0.3 is 4.52 Å². The number of hydrogen-bond acceptors (Lipinski definition) is 5. The third-order valence-corrected chi connectivity index (χ3v) is 4.09. The van der Waals surface area contributed by atoms with E-state index in [1.807, 2.05) is 0 Å². The van der Waals surface area contributed by atoms with Gasteiger partial charge in [-0.3, -0.25) is 9.15 Å². The zero-order valence-electron chi connectivity index (χ0n) is 11.0. The van der Waals surface area contributed by atoms with E-state index < -0.39 is 7.82 Å². The number of hydrogen-bond donors (Lipinski definition) is 0. The highest BCUT2D eigenvalue weighted by molar-refractivity contribution is 7.48. The van der Waals surface area contributed by atoms with E-state index >= 15 is 0 Å². The topological polar surface area (TPSA) is 57.1 Å². The van der Waals surface area contributed by atoms with Crippen molar-refractivity contribution < 1.29 is 18.2 Å². The minimum Gasteiger partial charge on any atom is -0.392 e. The Morgan fingerprint density at radius 2 is 1.80 bits per heavy atom. The smallest absolute Gasteiger partial charge is 0.392 e. The van der Waals surface area contributed by atoms with Crippen LogP contribution in [0.3, 0.4) is 0 Å². The van der Waals surface area contributed by atoms with Crippen molar-refractivity contribution in [1.29, 1.82) is 0 Å². The molecule has 1 aromatic rings. The Morgan fingerprint density at radius 3 is 2.35 bits per heavy atom. The summed E-state index contributed by atoms with van der Waals surface area (Å²) in [6, 6.07) is 2.69. The molecule has 0 aliphatic rings. The monoisotopic (exact) mass is 359 g/mol. The first-order chi connectivity index (χ1) is 9.27. The maximum absolute atomic E-state index is 12.3. The summed E-state index contributed by atoms with van der Waals surface area (Å²) in [7, 11) is -3.93. The molecule has 9 heteroatoms. The van der Waals surface area contributed by atoms with Gasteiger partial charge in [0, 0.05) is 6.07 Å². The second-order valence-corrected chi connectivity index (χ2v) is 6.49. The Bertz CT molecular complexity index is 561. The van der Waals surface area contributed by atoms with E-state index in [0.717, 1.165) is 0 Å². The number of oxime groups is 1. The number of phosphoric ester groups is 1. The van der Waals surface area contributed by atoms with Crippen molar-refractivity contribution >= 4 is 48.3 Å². The minimum absolute atomic E-state index is 0.0295. The second kappa shape index (κ2) is 7.53. The molecule has 0 amide bonds. The van der Waals surface area contributed by atoms with Crippen LogP contribution in [0.1, 0.15) is 20.8 Å². The van der Waals surface area contributed by atoms with Gasteiger partial charge in [-0.15, -0.1) is 0 Å². The molecule has 0 heterocycles. The summed E-state index contributed by atoms with van der Waals surface area (Å²) in [5, 5.41) is 4.15. The third kappa shape index (κ3) is 5.15. The number of halogens is 3. The SMILES string of the molecule is CCOP(=O)(ON=C(C)C)Oc1cc(Cl)c(Cl)cc1Cl. The fourth-order valence-corrected chi connectivity index (χ4v) is 2.78. The summed E-state index contributed by atoms with van der Waals surface area (Å²) in [4.78, 5) is 0. The summed E-state index contributed by atoms with van der Waals surface area (Å²) >= 11 is 17.6. The van der Waals surface area contributed by atoms with Crippen LogP contribution in [0.25, 0.3) is 0 Å². The number of benzene rings is 1. The van der Waals surface area contributed by atoms with Crippen LogP contribution in [0.15, 0.2) is 17.3 Å². The van der Waals surface area contributed by atoms with Crippen molar-refractivity contribution in [3.8, 4) is 5.75 Å². The first-order valence-electron chi connectivity index (χ1n) is 5.56. The van der Waals surface area contributed by atoms with Crippen molar-refractivity contribution in [1.82, 2.24) is 0 Å². The predicted octanol–water partition coefficient (Wildman–Crippen LogP) is 5.58. The van der Waals surface area contributed by atoms with Crippen LogP contribution in [-0.2, 0) is 13.7 Å². The Hall–Kier alpha value is -0.450. The predicted molar refractivity (Wildman–Crippen MR) is 81.2 cm³/mol. The molecule has 0 spiro atoms. The van der Waals surface area contributed by atoms with Gasteiger partial charge in [-0.2, -0.15) is 0 Å². The van der Waals surface area contributed by atoms with Crippen molar-refractivity contribution in [2.24, 2.45) is 5.16 Å². The highest BCUT2D eigenvalue weighted by Gasteiger charge is 2.31. The zero-order chi connectivity index (χ0) is 15.3. The van der Waals surface area contributed by atoms with E-state index in [-0.39, 0.29) is 27.4 Å². The lowest BCUT2D eigenvalue weighted by Crippen LogP contribution is -2.01. The molecule has 20 heavy (non-hydrogen) atoms. The Labute approximate surface area is 132 Å². The first-order valence-corrected chi connectivity index (χ1v) is 8.15. The lowest BCUT2D eigenvalue weighted by atomic mass is 10.3. The van der Waals surface area contributed by atoms with Gasteiger partial charge in [0.25, 0.3) is 0 Å². The summed E-state index contributed by atoms with van der Waals surface area (Å²) in [6.45, 7) is 5.08. The van der Waals surface area contributed by atoms with E-state index in [4.69, 9.17) is 48.5 Å². The van der Waals surface area contributed by atoms with Crippen molar-refractivity contribution in [3.05, 3.63) is 27.2 Å². The summed E-state index contributed by atoms with van der Waals surface area (Å²) in [5.41, 5.74) is 0.550. The minimum atomic E-state index is -3.93. The van der Waals surface area contributed by atoms with Crippen molar-refractivity contribution in [3.63, 3.8) is 0 Å². The van der Waals surface area contributed by atoms with E-state index in [1.165, 1.54) is 12.1 Å². The highest BCUT2D eigenvalue weighted by atomic mass is 35.5. The van der Waals surface area contributed by atoms with Crippen LogP contribution in [0.4, 0.5) is 0 Å². The summed E-state index contributed by atoms with van der Waals surface area (Å²) in [5.74, 6) is 0.0295. The highest BCUT2D eigenvalue weighted by Crippen LogP contribution is 2.52. The molecule has 0 aliphatic carbocycles. The van der Waals surface area contributed by atoms with Crippen LogP contribution >= 0.6 is 42.6 Å². The normalized spacial score (nSPS) is 13.5. The fraction of sp³-hybridized carbons (Fsp3) is 0.364. The molecular formula is C11H13Cl3NO4P. The molecule has 0 aromatic heterocycles. The van der Waals surface area contributed by atoms with Gasteiger partial charge in [-0.1, -0.05) is 40.0 Å². The molecule has 0 N–H and O–H groups in total. The fourth-order valence-electron chi connectivity index (χ4n) is 1.05. The molecule has 0 radical (unpaired) electrons.